The minimum Gasteiger partial charge on any atom is -0.319 e. The maximum Gasteiger partial charge on any atom is 0.295 e. The lowest BCUT2D eigenvalue weighted by molar-refractivity contribution is 0.101. The summed E-state index contributed by atoms with van der Waals surface area (Å²) in [5.74, 6) is 0.737. The SMILES string of the molecule is CC(C)c1nc(C(=O)Nc2ccc3ncsc3c2)n[nH]1. The molecule has 102 valence electrons. The predicted octanol–water partition coefficient (Wildman–Crippen LogP) is 2.79. The summed E-state index contributed by atoms with van der Waals surface area (Å²) in [5.41, 5.74) is 3.41. The van der Waals surface area contributed by atoms with Crippen molar-refractivity contribution in [3.05, 3.63) is 35.4 Å². The van der Waals surface area contributed by atoms with E-state index in [-0.39, 0.29) is 17.6 Å². The van der Waals surface area contributed by atoms with Crippen LogP contribution >= 0.6 is 11.3 Å². The molecule has 0 saturated heterocycles. The number of nitrogens with zero attached hydrogens (tertiary/aromatic N) is 3. The van der Waals surface area contributed by atoms with Gasteiger partial charge < -0.3 is 5.32 Å². The van der Waals surface area contributed by atoms with Gasteiger partial charge >= 0.3 is 0 Å². The van der Waals surface area contributed by atoms with E-state index in [0.29, 0.717) is 11.5 Å². The van der Waals surface area contributed by atoms with E-state index in [1.807, 2.05) is 32.0 Å². The zero-order valence-electron chi connectivity index (χ0n) is 11.0. The molecule has 6 nitrogen and oxygen atoms in total. The molecule has 0 aliphatic rings. The van der Waals surface area contributed by atoms with Crippen molar-refractivity contribution in [2.75, 3.05) is 5.32 Å². The van der Waals surface area contributed by atoms with Crippen LogP contribution in [0.3, 0.4) is 0 Å². The van der Waals surface area contributed by atoms with Crippen LogP contribution in [0.4, 0.5) is 5.69 Å². The molecule has 0 atom stereocenters. The van der Waals surface area contributed by atoms with Gasteiger partial charge in [0.05, 0.1) is 15.7 Å². The van der Waals surface area contributed by atoms with Crippen LogP contribution in [-0.4, -0.2) is 26.1 Å². The molecule has 3 rings (SSSR count). The van der Waals surface area contributed by atoms with E-state index in [1.165, 1.54) is 11.3 Å². The third-order valence-corrected chi connectivity index (χ3v) is 3.63. The van der Waals surface area contributed by atoms with Gasteiger partial charge in [-0.3, -0.25) is 9.89 Å². The standard InChI is InChI=1S/C13H13N5OS/c1-7(2)11-16-12(18-17-11)13(19)15-8-3-4-9-10(5-8)20-6-14-9/h3-7H,1-2H3,(H,15,19)(H,16,17,18). The molecule has 0 spiro atoms. The maximum atomic E-state index is 12.1. The topological polar surface area (TPSA) is 83.6 Å². The molecule has 3 aromatic rings. The van der Waals surface area contributed by atoms with E-state index >= 15 is 0 Å². The average Bonchev–Trinajstić information content (AvgIpc) is 3.07. The van der Waals surface area contributed by atoms with E-state index in [0.717, 1.165) is 10.2 Å². The molecule has 0 aliphatic carbocycles. The molecule has 1 amide bonds. The fourth-order valence-corrected chi connectivity index (χ4v) is 2.47. The Morgan fingerprint density at radius 3 is 3.00 bits per heavy atom. The molecule has 0 saturated carbocycles. The fourth-order valence-electron chi connectivity index (χ4n) is 1.75. The lowest BCUT2D eigenvalue weighted by atomic mass is 10.2. The quantitative estimate of drug-likeness (QED) is 0.776. The van der Waals surface area contributed by atoms with Crippen LogP contribution in [-0.2, 0) is 0 Å². The average molecular weight is 287 g/mol. The zero-order valence-corrected chi connectivity index (χ0v) is 11.9. The van der Waals surface area contributed by atoms with Crippen LogP contribution in [0.2, 0.25) is 0 Å². The number of aromatic amines is 1. The Hall–Kier alpha value is -2.28. The van der Waals surface area contributed by atoms with Crippen molar-refractivity contribution in [3.8, 4) is 0 Å². The summed E-state index contributed by atoms with van der Waals surface area (Å²) in [4.78, 5) is 20.4. The van der Waals surface area contributed by atoms with E-state index in [9.17, 15) is 4.79 Å². The molecule has 20 heavy (non-hydrogen) atoms. The van der Waals surface area contributed by atoms with Crippen molar-refractivity contribution >= 4 is 33.1 Å². The highest BCUT2D eigenvalue weighted by Gasteiger charge is 2.14. The Morgan fingerprint density at radius 2 is 2.25 bits per heavy atom. The number of hydrogen-bond donors (Lipinski definition) is 2. The van der Waals surface area contributed by atoms with E-state index in [4.69, 9.17) is 0 Å². The number of fused-ring (bicyclic) bond motifs is 1. The number of nitrogens with one attached hydrogen (secondary N) is 2. The summed E-state index contributed by atoms with van der Waals surface area (Å²) in [5, 5.41) is 9.48. The number of rotatable bonds is 3. The molecule has 0 aliphatic heterocycles. The Kier molecular flexibility index (Phi) is 3.19. The number of thiazole rings is 1. The highest BCUT2D eigenvalue weighted by molar-refractivity contribution is 7.16. The minimum absolute atomic E-state index is 0.151. The summed E-state index contributed by atoms with van der Waals surface area (Å²) in [6.45, 7) is 3.97. The molecule has 0 fully saturated rings. The van der Waals surface area contributed by atoms with Gasteiger partial charge in [0, 0.05) is 11.6 Å². The van der Waals surface area contributed by atoms with Crippen molar-refractivity contribution in [1.29, 1.82) is 0 Å². The van der Waals surface area contributed by atoms with E-state index in [1.54, 1.807) is 5.51 Å². The molecule has 2 aromatic heterocycles. The fraction of sp³-hybridized carbons (Fsp3) is 0.231. The molecule has 2 N–H and O–H groups in total. The van der Waals surface area contributed by atoms with Gasteiger partial charge in [-0.2, -0.15) is 0 Å². The predicted molar refractivity (Wildman–Crippen MR) is 78.0 cm³/mol. The number of amides is 1. The summed E-state index contributed by atoms with van der Waals surface area (Å²) >= 11 is 1.53. The van der Waals surface area contributed by atoms with Gasteiger partial charge in [-0.25, -0.2) is 9.97 Å². The molecule has 0 unspecified atom stereocenters. The Balaban J connectivity index is 1.80. The number of hydrogen-bond acceptors (Lipinski definition) is 5. The second-order valence-electron chi connectivity index (χ2n) is 4.69. The van der Waals surface area contributed by atoms with Gasteiger partial charge in [0.1, 0.15) is 5.82 Å². The first-order valence-electron chi connectivity index (χ1n) is 6.20. The van der Waals surface area contributed by atoms with Crippen molar-refractivity contribution < 1.29 is 4.79 Å². The van der Waals surface area contributed by atoms with Gasteiger partial charge in [-0.05, 0) is 18.2 Å². The Bertz CT molecular complexity index is 761. The smallest absolute Gasteiger partial charge is 0.295 e. The minimum atomic E-state index is -0.322. The zero-order chi connectivity index (χ0) is 14.1. The van der Waals surface area contributed by atoms with Gasteiger partial charge in [0.15, 0.2) is 0 Å². The Morgan fingerprint density at radius 1 is 1.40 bits per heavy atom. The van der Waals surface area contributed by atoms with Crippen LogP contribution in [0.25, 0.3) is 10.2 Å². The van der Waals surface area contributed by atoms with Gasteiger partial charge in [-0.1, -0.05) is 13.8 Å². The van der Waals surface area contributed by atoms with Crippen molar-refractivity contribution in [3.63, 3.8) is 0 Å². The molecular formula is C13H13N5OS. The third kappa shape index (κ3) is 2.39. The second-order valence-corrected chi connectivity index (χ2v) is 5.57. The summed E-state index contributed by atoms with van der Waals surface area (Å²) < 4.78 is 1.03. The number of aromatic nitrogens is 4. The van der Waals surface area contributed by atoms with Crippen LogP contribution < -0.4 is 5.32 Å². The molecule has 1 aromatic carbocycles. The number of anilines is 1. The molecular weight excluding hydrogens is 274 g/mol. The van der Waals surface area contributed by atoms with E-state index < -0.39 is 0 Å². The number of carbonyl (C=O) groups excluding carboxylic acids is 1. The van der Waals surface area contributed by atoms with Crippen molar-refractivity contribution in [2.24, 2.45) is 0 Å². The first-order chi connectivity index (χ1) is 9.63. The summed E-state index contributed by atoms with van der Waals surface area (Å²) in [6, 6.07) is 5.58. The molecule has 0 radical (unpaired) electrons. The first kappa shape index (κ1) is 12.7. The van der Waals surface area contributed by atoms with Crippen LogP contribution in [0.15, 0.2) is 23.7 Å². The number of H-pyrrole nitrogens is 1. The molecule has 0 bridgehead atoms. The maximum absolute atomic E-state index is 12.1. The summed E-state index contributed by atoms with van der Waals surface area (Å²) in [7, 11) is 0. The van der Waals surface area contributed by atoms with Gasteiger partial charge in [0.25, 0.3) is 5.91 Å². The highest BCUT2D eigenvalue weighted by atomic mass is 32.1. The number of carbonyl (C=O) groups is 1. The first-order valence-corrected chi connectivity index (χ1v) is 7.08. The lowest BCUT2D eigenvalue weighted by Crippen LogP contribution is -2.13. The highest BCUT2D eigenvalue weighted by Crippen LogP contribution is 2.22. The number of benzene rings is 1. The van der Waals surface area contributed by atoms with E-state index in [2.05, 4.69) is 25.5 Å². The van der Waals surface area contributed by atoms with Crippen molar-refractivity contribution in [1.82, 2.24) is 20.2 Å². The molecule has 7 heteroatoms. The van der Waals surface area contributed by atoms with Gasteiger partial charge in [0.2, 0.25) is 5.82 Å². The lowest BCUT2D eigenvalue weighted by Gasteiger charge is -2.02. The van der Waals surface area contributed by atoms with Crippen molar-refractivity contribution in [2.45, 2.75) is 19.8 Å². The van der Waals surface area contributed by atoms with Crippen LogP contribution in [0.5, 0.6) is 0 Å². The largest absolute Gasteiger partial charge is 0.319 e. The monoisotopic (exact) mass is 287 g/mol. The third-order valence-electron chi connectivity index (χ3n) is 2.84. The van der Waals surface area contributed by atoms with Crippen LogP contribution in [0, 0.1) is 0 Å². The normalized spacial score (nSPS) is 11.2. The Labute approximate surface area is 119 Å². The second kappa shape index (κ2) is 5.01. The van der Waals surface area contributed by atoms with Gasteiger partial charge in [-0.15, -0.1) is 16.4 Å². The molecule has 2 heterocycles. The van der Waals surface area contributed by atoms with Crippen LogP contribution in [0.1, 0.15) is 36.2 Å². The summed E-state index contributed by atoms with van der Waals surface area (Å²) in [6.07, 6.45) is 0.